The molecule has 1 saturated heterocycles. The molecule has 3 aliphatic carbocycles. The maximum Gasteiger partial charge on any atom is 0.184 e. The highest BCUT2D eigenvalue weighted by Crippen LogP contribution is 2.66. The first-order valence-corrected chi connectivity index (χ1v) is 12.0. The molecule has 2 saturated carbocycles. The third-order valence-corrected chi connectivity index (χ3v) is 8.49. The number of carbonyl (C=O) groups excluding carboxylic acids is 1. The van der Waals surface area contributed by atoms with Gasteiger partial charge in [0.15, 0.2) is 5.78 Å². The lowest BCUT2D eigenvalue weighted by Gasteiger charge is -2.47. The smallest absolute Gasteiger partial charge is 0.184 e. The minimum Gasteiger partial charge on any atom is -0.292 e. The van der Waals surface area contributed by atoms with E-state index in [4.69, 9.17) is 0 Å². The number of likely N-dealkylation sites (tertiary alicyclic amines) is 1. The zero-order chi connectivity index (χ0) is 20.1. The van der Waals surface area contributed by atoms with Crippen molar-refractivity contribution in [1.29, 1.82) is 0 Å². The van der Waals surface area contributed by atoms with E-state index < -0.39 is 0 Å². The minimum atomic E-state index is -0.288. The van der Waals surface area contributed by atoms with Gasteiger partial charge < -0.3 is 0 Å². The molecule has 154 valence electrons. The molecule has 2 unspecified atom stereocenters. The molecular formula is C28H31NO. The molecule has 2 bridgehead atoms. The minimum absolute atomic E-state index is 0.288. The Morgan fingerprint density at radius 1 is 0.767 bits per heavy atom. The summed E-state index contributed by atoms with van der Waals surface area (Å²) in [6.45, 7) is 2.19. The van der Waals surface area contributed by atoms with Crippen molar-refractivity contribution in [3.8, 4) is 0 Å². The molecule has 0 spiro atoms. The summed E-state index contributed by atoms with van der Waals surface area (Å²) in [6, 6.07) is 21.3. The molecule has 3 fully saturated rings. The Morgan fingerprint density at radius 3 is 2.07 bits per heavy atom. The molecule has 0 N–H and O–H groups in total. The molecule has 0 radical (unpaired) electrons. The van der Waals surface area contributed by atoms with Crippen LogP contribution in [0.1, 0.15) is 56.1 Å². The second-order valence-electron chi connectivity index (χ2n) is 9.82. The summed E-state index contributed by atoms with van der Waals surface area (Å²) in [5, 5.41) is 0. The number of nitrogens with zero attached hydrogens (tertiary/aromatic N) is 1. The number of benzene rings is 2. The van der Waals surface area contributed by atoms with E-state index in [1.54, 1.807) is 0 Å². The lowest BCUT2D eigenvalue weighted by atomic mass is 9.69. The third-order valence-electron chi connectivity index (χ3n) is 8.49. The van der Waals surface area contributed by atoms with Gasteiger partial charge in [-0.1, -0.05) is 73.5 Å². The van der Waals surface area contributed by atoms with Gasteiger partial charge in [0.2, 0.25) is 0 Å². The highest BCUT2D eigenvalue weighted by atomic mass is 16.1. The van der Waals surface area contributed by atoms with Crippen LogP contribution < -0.4 is 0 Å². The fourth-order valence-corrected chi connectivity index (χ4v) is 7.46. The van der Waals surface area contributed by atoms with Crippen molar-refractivity contribution in [2.45, 2.75) is 50.5 Å². The number of hydrogen-bond acceptors (Lipinski definition) is 2. The molecule has 4 aliphatic rings. The molecule has 2 nitrogen and oxygen atoms in total. The van der Waals surface area contributed by atoms with E-state index in [2.05, 4.69) is 65.6 Å². The van der Waals surface area contributed by atoms with Gasteiger partial charge in [-0.2, -0.15) is 0 Å². The maximum atomic E-state index is 14.6. The van der Waals surface area contributed by atoms with E-state index >= 15 is 0 Å². The maximum absolute atomic E-state index is 14.6. The quantitative estimate of drug-likeness (QED) is 0.648. The number of ketones is 1. The summed E-state index contributed by atoms with van der Waals surface area (Å²) in [5.41, 5.74) is 4.46. The molecule has 1 heterocycles. The van der Waals surface area contributed by atoms with Crippen molar-refractivity contribution in [1.82, 2.24) is 4.90 Å². The van der Waals surface area contributed by atoms with E-state index in [9.17, 15) is 4.79 Å². The lowest BCUT2D eigenvalue weighted by molar-refractivity contribution is -0.130. The van der Waals surface area contributed by atoms with E-state index in [-0.39, 0.29) is 5.54 Å². The van der Waals surface area contributed by atoms with Gasteiger partial charge in [-0.15, -0.1) is 0 Å². The fourth-order valence-electron chi connectivity index (χ4n) is 7.46. The SMILES string of the molecule is O=C1C(c2ccccc2)=C(c2ccccc2)[C@H]2C3CCC(C3)[C@@]12N1CCCCCC1. The molecule has 2 aromatic carbocycles. The van der Waals surface area contributed by atoms with E-state index in [1.807, 2.05) is 0 Å². The Hall–Kier alpha value is -2.19. The van der Waals surface area contributed by atoms with Crippen molar-refractivity contribution in [2.24, 2.45) is 17.8 Å². The van der Waals surface area contributed by atoms with Crippen LogP contribution in [0.25, 0.3) is 11.1 Å². The predicted octanol–water partition coefficient (Wildman–Crippen LogP) is 5.84. The molecule has 0 amide bonds. The average molecular weight is 398 g/mol. The van der Waals surface area contributed by atoms with Crippen LogP contribution in [0.3, 0.4) is 0 Å². The Morgan fingerprint density at radius 2 is 1.40 bits per heavy atom. The molecule has 1 aliphatic heterocycles. The Bertz CT molecular complexity index is 970. The van der Waals surface area contributed by atoms with Gasteiger partial charge >= 0.3 is 0 Å². The van der Waals surface area contributed by atoms with Crippen molar-refractivity contribution >= 4 is 16.9 Å². The standard InChI is InChI=1S/C28H31NO/c30-27-25(21-13-7-4-8-14-21)24(20-11-5-3-6-12-20)26-22-15-16-23(19-22)28(26,27)29-17-9-1-2-10-18-29/h3-8,11-14,22-23,26H,1-2,9-10,15-19H2/t22?,23?,26-,28+/m1/s1. The number of fused-ring (bicyclic) bond motifs is 5. The number of carbonyl (C=O) groups is 1. The van der Waals surface area contributed by atoms with E-state index in [0.29, 0.717) is 23.5 Å². The van der Waals surface area contributed by atoms with Crippen molar-refractivity contribution < 1.29 is 4.79 Å². The van der Waals surface area contributed by atoms with Crippen LogP contribution in [0.15, 0.2) is 60.7 Å². The zero-order valence-corrected chi connectivity index (χ0v) is 17.7. The van der Waals surface area contributed by atoms with Gasteiger partial charge in [-0.25, -0.2) is 0 Å². The van der Waals surface area contributed by atoms with Gasteiger partial charge in [0.1, 0.15) is 0 Å². The molecule has 30 heavy (non-hydrogen) atoms. The van der Waals surface area contributed by atoms with Gasteiger partial charge in [-0.05, 0) is 73.7 Å². The monoisotopic (exact) mass is 397 g/mol. The van der Waals surface area contributed by atoms with Crippen LogP contribution >= 0.6 is 0 Å². The number of Topliss-reactive ketones (excluding diaryl/α,β-unsaturated/α-hetero) is 1. The van der Waals surface area contributed by atoms with Crippen LogP contribution in [-0.2, 0) is 4.79 Å². The highest BCUT2D eigenvalue weighted by molar-refractivity contribution is 6.36. The lowest BCUT2D eigenvalue weighted by Crippen LogP contribution is -2.60. The van der Waals surface area contributed by atoms with Crippen molar-refractivity contribution in [3.05, 3.63) is 71.8 Å². The fraction of sp³-hybridized carbons (Fsp3) is 0.464. The van der Waals surface area contributed by atoms with E-state index in [0.717, 1.165) is 24.2 Å². The summed E-state index contributed by atoms with van der Waals surface area (Å²) in [6.07, 6.45) is 8.85. The van der Waals surface area contributed by atoms with E-state index in [1.165, 1.54) is 56.1 Å². The third kappa shape index (κ3) is 2.49. The average Bonchev–Trinajstić information content (AvgIpc) is 3.38. The van der Waals surface area contributed by atoms with Crippen LogP contribution in [0, 0.1) is 17.8 Å². The second-order valence-corrected chi connectivity index (χ2v) is 9.82. The number of rotatable bonds is 3. The highest BCUT2D eigenvalue weighted by Gasteiger charge is 2.69. The summed E-state index contributed by atoms with van der Waals surface area (Å²) in [5.74, 6) is 1.97. The Kier molecular flexibility index (Phi) is 4.46. The second kappa shape index (κ2) is 7.20. The first kappa shape index (κ1) is 18.6. The van der Waals surface area contributed by atoms with Crippen LogP contribution in [-0.4, -0.2) is 29.3 Å². The molecule has 6 rings (SSSR count). The van der Waals surface area contributed by atoms with Gasteiger partial charge in [0.05, 0.1) is 5.54 Å². The van der Waals surface area contributed by atoms with Gasteiger partial charge in [0.25, 0.3) is 0 Å². The van der Waals surface area contributed by atoms with Crippen LogP contribution in [0.2, 0.25) is 0 Å². The van der Waals surface area contributed by atoms with Crippen LogP contribution in [0.4, 0.5) is 0 Å². The summed E-state index contributed by atoms with van der Waals surface area (Å²) in [7, 11) is 0. The van der Waals surface area contributed by atoms with Gasteiger partial charge in [-0.3, -0.25) is 9.69 Å². The largest absolute Gasteiger partial charge is 0.292 e. The summed E-state index contributed by atoms with van der Waals surface area (Å²) < 4.78 is 0. The van der Waals surface area contributed by atoms with Crippen LogP contribution in [0.5, 0.6) is 0 Å². The van der Waals surface area contributed by atoms with Crippen molar-refractivity contribution in [2.75, 3.05) is 13.1 Å². The molecule has 2 heteroatoms. The summed E-state index contributed by atoms with van der Waals surface area (Å²) >= 11 is 0. The normalized spacial score (nSPS) is 33.7. The van der Waals surface area contributed by atoms with Gasteiger partial charge in [0, 0.05) is 11.5 Å². The number of hydrogen-bond donors (Lipinski definition) is 0. The summed E-state index contributed by atoms with van der Waals surface area (Å²) in [4.78, 5) is 17.3. The Balaban J connectivity index is 1.58. The first-order chi connectivity index (χ1) is 14.8. The predicted molar refractivity (Wildman–Crippen MR) is 122 cm³/mol. The molecule has 0 aromatic heterocycles. The molecule has 4 atom stereocenters. The topological polar surface area (TPSA) is 20.3 Å². The molecular weight excluding hydrogens is 366 g/mol. The first-order valence-electron chi connectivity index (χ1n) is 12.0. The zero-order valence-electron chi connectivity index (χ0n) is 17.7. The van der Waals surface area contributed by atoms with Crippen molar-refractivity contribution in [3.63, 3.8) is 0 Å². The Labute approximate surface area is 180 Å². The molecule has 2 aromatic rings.